The molecule has 2 aromatic rings. The molecule has 2 nitrogen and oxygen atoms in total. The van der Waals surface area contributed by atoms with Crippen LogP contribution in [0.1, 0.15) is 22.8 Å². The minimum Gasteiger partial charge on any atom is -0.488 e. The van der Waals surface area contributed by atoms with E-state index in [-0.39, 0.29) is 12.4 Å². The summed E-state index contributed by atoms with van der Waals surface area (Å²) < 4.78 is 32.2. The quantitative estimate of drug-likeness (QED) is 0.765. The van der Waals surface area contributed by atoms with Crippen LogP contribution in [0.2, 0.25) is 0 Å². The second-order valence-electron chi connectivity index (χ2n) is 4.23. The van der Waals surface area contributed by atoms with E-state index in [0.29, 0.717) is 16.9 Å². The fourth-order valence-corrected chi connectivity index (χ4v) is 2.05. The Morgan fingerprint density at radius 1 is 1.15 bits per heavy atom. The van der Waals surface area contributed by atoms with Crippen molar-refractivity contribution in [2.75, 3.05) is 0 Å². The minimum atomic E-state index is -0.923. The Bertz CT molecular complexity index is 656. The molecule has 0 saturated heterocycles. The number of ether oxygens (including phenoxy) is 1. The Morgan fingerprint density at radius 2 is 1.90 bits per heavy atom. The van der Waals surface area contributed by atoms with Crippen LogP contribution in [0.4, 0.5) is 8.78 Å². The number of ketones is 1. The third kappa shape index (κ3) is 3.42. The van der Waals surface area contributed by atoms with E-state index < -0.39 is 11.6 Å². The average Bonchev–Trinajstić information content (AvgIpc) is 2.41. The van der Waals surface area contributed by atoms with Crippen molar-refractivity contribution in [1.82, 2.24) is 0 Å². The van der Waals surface area contributed by atoms with Gasteiger partial charge in [-0.25, -0.2) is 8.78 Å². The summed E-state index contributed by atoms with van der Waals surface area (Å²) in [4.78, 5) is 11.5. The zero-order valence-corrected chi connectivity index (χ0v) is 12.2. The first-order chi connectivity index (χ1) is 9.47. The summed E-state index contributed by atoms with van der Waals surface area (Å²) in [6.07, 6.45) is 0. The van der Waals surface area contributed by atoms with Crippen molar-refractivity contribution < 1.29 is 18.3 Å². The molecule has 0 radical (unpaired) electrons. The summed E-state index contributed by atoms with van der Waals surface area (Å²) in [7, 11) is 0. The molecule has 0 spiro atoms. The first-order valence-corrected chi connectivity index (χ1v) is 6.64. The molecule has 0 N–H and O–H groups in total. The molecular weight excluding hydrogens is 330 g/mol. The smallest absolute Gasteiger partial charge is 0.163 e. The number of benzene rings is 2. The van der Waals surface area contributed by atoms with Crippen molar-refractivity contribution in [1.29, 1.82) is 0 Å². The number of Topliss-reactive ketones (excluding diaryl/α,β-unsaturated/α-hetero) is 1. The molecule has 0 aliphatic heterocycles. The van der Waals surface area contributed by atoms with Crippen LogP contribution in [-0.2, 0) is 6.61 Å². The largest absolute Gasteiger partial charge is 0.488 e. The first kappa shape index (κ1) is 14.7. The van der Waals surface area contributed by atoms with Crippen LogP contribution in [0, 0.1) is 11.6 Å². The molecular formula is C15H11BrF2O2. The standard InChI is InChI=1S/C15H11BrF2O2/c1-9(19)12-7-11(16)3-5-15(12)20-8-10-2-4-13(17)14(18)6-10/h2-7H,8H2,1H3. The van der Waals surface area contributed by atoms with Crippen LogP contribution in [0.5, 0.6) is 5.75 Å². The van der Waals surface area contributed by atoms with E-state index >= 15 is 0 Å². The maximum Gasteiger partial charge on any atom is 0.163 e. The number of carbonyl (C=O) groups is 1. The molecule has 0 heterocycles. The first-order valence-electron chi connectivity index (χ1n) is 5.84. The predicted octanol–water partition coefficient (Wildman–Crippen LogP) is 4.51. The van der Waals surface area contributed by atoms with Gasteiger partial charge in [0.2, 0.25) is 0 Å². The SMILES string of the molecule is CC(=O)c1cc(Br)ccc1OCc1ccc(F)c(F)c1. The second-order valence-corrected chi connectivity index (χ2v) is 5.15. The molecule has 0 aromatic heterocycles. The van der Waals surface area contributed by atoms with Crippen molar-refractivity contribution >= 4 is 21.7 Å². The normalized spacial score (nSPS) is 10.4. The molecule has 0 atom stereocenters. The van der Waals surface area contributed by atoms with Crippen LogP contribution in [0.25, 0.3) is 0 Å². The van der Waals surface area contributed by atoms with Crippen molar-refractivity contribution in [2.24, 2.45) is 0 Å². The third-order valence-electron chi connectivity index (χ3n) is 2.70. The van der Waals surface area contributed by atoms with E-state index in [1.165, 1.54) is 13.0 Å². The van der Waals surface area contributed by atoms with E-state index in [4.69, 9.17) is 4.74 Å². The van der Waals surface area contributed by atoms with Crippen molar-refractivity contribution in [3.05, 3.63) is 63.6 Å². The van der Waals surface area contributed by atoms with Gasteiger partial charge in [0.15, 0.2) is 17.4 Å². The van der Waals surface area contributed by atoms with Gasteiger partial charge in [-0.3, -0.25) is 4.79 Å². The maximum atomic E-state index is 13.1. The Balaban J connectivity index is 2.18. The molecule has 0 unspecified atom stereocenters. The van der Waals surface area contributed by atoms with Gasteiger partial charge in [-0.1, -0.05) is 22.0 Å². The lowest BCUT2D eigenvalue weighted by Crippen LogP contribution is -2.02. The van der Waals surface area contributed by atoms with E-state index in [0.717, 1.165) is 16.6 Å². The summed E-state index contributed by atoms with van der Waals surface area (Å²) >= 11 is 3.28. The summed E-state index contributed by atoms with van der Waals surface area (Å²) in [5.74, 6) is -1.55. The monoisotopic (exact) mass is 340 g/mol. The summed E-state index contributed by atoms with van der Waals surface area (Å²) in [6.45, 7) is 1.49. The molecule has 0 amide bonds. The second kappa shape index (κ2) is 6.13. The zero-order valence-electron chi connectivity index (χ0n) is 10.6. The highest BCUT2D eigenvalue weighted by atomic mass is 79.9. The van der Waals surface area contributed by atoms with Gasteiger partial charge in [0.05, 0.1) is 5.56 Å². The van der Waals surface area contributed by atoms with Crippen molar-refractivity contribution in [3.63, 3.8) is 0 Å². The number of carbonyl (C=O) groups excluding carboxylic acids is 1. The number of halogens is 3. The highest BCUT2D eigenvalue weighted by molar-refractivity contribution is 9.10. The summed E-state index contributed by atoms with van der Waals surface area (Å²) in [5, 5.41) is 0. The van der Waals surface area contributed by atoms with Crippen LogP contribution in [0.3, 0.4) is 0 Å². The van der Waals surface area contributed by atoms with Crippen molar-refractivity contribution in [3.8, 4) is 5.75 Å². The summed E-state index contributed by atoms with van der Waals surface area (Å²) in [6, 6.07) is 8.60. The Kier molecular flexibility index (Phi) is 4.49. The number of hydrogen-bond donors (Lipinski definition) is 0. The minimum absolute atomic E-state index is 0.0547. The molecule has 5 heteroatoms. The van der Waals surface area contributed by atoms with E-state index in [1.807, 2.05) is 0 Å². The fourth-order valence-electron chi connectivity index (χ4n) is 1.69. The van der Waals surface area contributed by atoms with Gasteiger partial charge in [-0.15, -0.1) is 0 Å². The zero-order chi connectivity index (χ0) is 14.7. The predicted molar refractivity (Wildman–Crippen MR) is 74.8 cm³/mol. The molecule has 0 bridgehead atoms. The van der Waals surface area contributed by atoms with Gasteiger partial charge >= 0.3 is 0 Å². The molecule has 0 aliphatic carbocycles. The lowest BCUT2D eigenvalue weighted by atomic mass is 10.1. The number of hydrogen-bond acceptors (Lipinski definition) is 2. The lowest BCUT2D eigenvalue weighted by molar-refractivity contribution is 0.101. The topological polar surface area (TPSA) is 26.3 Å². The van der Waals surface area contributed by atoms with E-state index in [1.54, 1.807) is 18.2 Å². The molecule has 2 rings (SSSR count). The van der Waals surface area contributed by atoms with E-state index in [2.05, 4.69) is 15.9 Å². The lowest BCUT2D eigenvalue weighted by Gasteiger charge is -2.10. The van der Waals surface area contributed by atoms with Gasteiger partial charge in [0.1, 0.15) is 12.4 Å². The van der Waals surface area contributed by atoms with Gasteiger partial charge in [0.25, 0.3) is 0 Å². The molecule has 20 heavy (non-hydrogen) atoms. The average molecular weight is 341 g/mol. The Hall–Kier alpha value is -1.75. The molecule has 0 saturated carbocycles. The van der Waals surface area contributed by atoms with Crippen LogP contribution in [-0.4, -0.2) is 5.78 Å². The van der Waals surface area contributed by atoms with Crippen molar-refractivity contribution in [2.45, 2.75) is 13.5 Å². The Morgan fingerprint density at radius 3 is 2.55 bits per heavy atom. The van der Waals surface area contributed by atoms with Gasteiger partial charge < -0.3 is 4.74 Å². The van der Waals surface area contributed by atoms with Gasteiger partial charge in [-0.05, 0) is 42.8 Å². The Labute approximate surface area is 123 Å². The third-order valence-corrected chi connectivity index (χ3v) is 3.19. The molecule has 0 aliphatic rings. The van der Waals surface area contributed by atoms with E-state index in [9.17, 15) is 13.6 Å². The fraction of sp³-hybridized carbons (Fsp3) is 0.133. The highest BCUT2D eigenvalue weighted by Gasteiger charge is 2.10. The summed E-state index contributed by atoms with van der Waals surface area (Å²) in [5.41, 5.74) is 0.920. The molecule has 104 valence electrons. The van der Waals surface area contributed by atoms with Crippen LogP contribution in [0.15, 0.2) is 40.9 Å². The molecule has 0 fully saturated rings. The number of rotatable bonds is 4. The molecule has 2 aromatic carbocycles. The van der Waals surface area contributed by atoms with Gasteiger partial charge in [0, 0.05) is 4.47 Å². The van der Waals surface area contributed by atoms with Crippen LogP contribution >= 0.6 is 15.9 Å². The van der Waals surface area contributed by atoms with Crippen LogP contribution < -0.4 is 4.74 Å². The highest BCUT2D eigenvalue weighted by Crippen LogP contribution is 2.24. The maximum absolute atomic E-state index is 13.1. The van der Waals surface area contributed by atoms with Gasteiger partial charge in [-0.2, -0.15) is 0 Å².